The second-order valence-corrected chi connectivity index (χ2v) is 4.47. The zero-order valence-corrected chi connectivity index (χ0v) is 11.3. The largest absolute Gasteiger partial charge is 0.307 e. The van der Waals surface area contributed by atoms with Crippen molar-refractivity contribution in [2.75, 3.05) is 5.32 Å². The number of carbonyl (C=O) groups is 1. The highest BCUT2D eigenvalue weighted by Gasteiger charge is 2.15. The molecule has 0 saturated heterocycles. The fraction of sp³-hybridized carbons (Fsp3) is 0.286. The highest BCUT2D eigenvalue weighted by Crippen LogP contribution is 2.15. The van der Waals surface area contributed by atoms with E-state index in [0.29, 0.717) is 12.4 Å². The number of aryl methyl sites for hydroxylation is 2. The van der Waals surface area contributed by atoms with E-state index in [4.69, 9.17) is 0 Å². The standard InChI is InChI=1S/C14H15F2N3O/c1-3-6-19-13(7-9(2)18-19)17-14(20)11-8-10(15)4-5-12(11)16/h4-5,7-8H,3,6H2,1-2H3,(H,17,20). The third kappa shape index (κ3) is 3.01. The number of hydrogen-bond donors (Lipinski definition) is 1. The van der Waals surface area contributed by atoms with Crippen molar-refractivity contribution in [2.24, 2.45) is 0 Å². The maximum atomic E-state index is 13.5. The number of nitrogens with one attached hydrogen (secondary N) is 1. The zero-order chi connectivity index (χ0) is 14.7. The number of nitrogens with zero attached hydrogens (tertiary/aromatic N) is 2. The molecule has 1 aromatic carbocycles. The van der Waals surface area contributed by atoms with Gasteiger partial charge in [-0.15, -0.1) is 0 Å². The molecule has 20 heavy (non-hydrogen) atoms. The molecular formula is C14H15F2N3O. The molecular weight excluding hydrogens is 264 g/mol. The van der Waals surface area contributed by atoms with Crippen LogP contribution in [0.1, 0.15) is 29.4 Å². The predicted octanol–water partition coefficient (Wildman–Crippen LogP) is 3.13. The van der Waals surface area contributed by atoms with E-state index in [9.17, 15) is 13.6 Å². The van der Waals surface area contributed by atoms with Crippen molar-refractivity contribution in [3.05, 3.63) is 47.2 Å². The number of benzene rings is 1. The number of halogens is 2. The van der Waals surface area contributed by atoms with Gasteiger partial charge in [-0.25, -0.2) is 13.5 Å². The summed E-state index contributed by atoms with van der Waals surface area (Å²) in [5.41, 5.74) is 0.417. The van der Waals surface area contributed by atoms with Gasteiger partial charge in [0.05, 0.1) is 11.3 Å². The van der Waals surface area contributed by atoms with Crippen molar-refractivity contribution in [3.63, 3.8) is 0 Å². The maximum absolute atomic E-state index is 13.5. The quantitative estimate of drug-likeness (QED) is 0.934. The lowest BCUT2D eigenvalue weighted by Crippen LogP contribution is -2.17. The van der Waals surface area contributed by atoms with E-state index < -0.39 is 17.5 Å². The van der Waals surface area contributed by atoms with E-state index in [1.165, 1.54) is 0 Å². The van der Waals surface area contributed by atoms with E-state index in [-0.39, 0.29) is 5.56 Å². The van der Waals surface area contributed by atoms with Gasteiger partial charge in [-0.2, -0.15) is 5.10 Å². The number of rotatable bonds is 4. The molecule has 2 aromatic rings. The van der Waals surface area contributed by atoms with Crippen LogP contribution in [0.25, 0.3) is 0 Å². The van der Waals surface area contributed by atoms with Crippen LogP contribution < -0.4 is 5.32 Å². The van der Waals surface area contributed by atoms with E-state index >= 15 is 0 Å². The third-order valence-corrected chi connectivity index (χ3v) is 2.75. The van der Waals surface area contributed by atoms with Gasteiger partial charge in [0.25, 0.3) is 5.91 Å². The van der Waals surface area contributed by atoms with E-state index in [1.54, 1.807) is 17.7 Å². The van der Waals surface area contributed by atoms with Crippen molar-refractivity contribution in [2.45, 2.75) is 26.8 Å². The summed E-state index contributed by atoms with van der Waals surface area (Å²) in [6.45, 7) is 4.41. The predicted molar refractivity (Wildman–Crippen MR) is 71.6 cm³/mol. The summed E-state index contributed by atoms with van der Waals surface area (Å²) in [6.07, 6.45) is 0.846. The van der Waals surface area contributed by atoms with Crippen LogP contribution >= 0.6 is 0 Å². The minimum absolute atomic E-state index is 0.327. The molecule has 106 valence electrons. The van der Waals surface area contributed by atoms with Gasteiger partial charge in [0.15, 0.2) is 0 Å². The number of amides is 1. The van der Waals surface area contributed by atoms with Gasteiger partial charge in [0.2, 0.25) is 0 Å². The molecule has 1 heterocycles. The maximum Gasteiger partial charge on any atom is 0.259 e. The Morgan fingerprint density at radius 1 is 1.35 bits per heavy atom. The van der Waals surface area contributed by atoms with Gasteiger partial charge in [-0.1, -0.05) is 6.92 Å². The molecule has 0 aliphatic rings. The molecule has 0 aliphatic heterocycles. The van der Waals surface area contributed by atoms with Crippen molar-refractivity contribution < 1.29 is 13.6 Å². The Labute approximate surface area is 115 Å². The summed E-state index contributed by atoms with van der Waals surface area (Å²) in [7, 11) is 0. The molecule has 0 aliphatic carbocycles. The van der Waals surface area contributed by atoms with Crippen LogP contribution in [-0.2, 0) is 6.54 Å². The molecule has 2 rings (SSSR count). The summed E-state index contributed by atoms with van der Waals surface area (Å²) in [5, 5.41) is 6.78. The molecule has 0 bridgehead atoms. The lowest BCUT2D eigenvalue weighted by atomic mass is 10.2. The van der Waals surface area contributed by atoms with Gasteiger partial charge >= 0.3 is 0 Å². The molecule has 0 unspecified atom stereocenters. The fourth-order valence-corrected chi connectivity index (χ4v) is 1.88. The first kappa shape index (κ1) is 14.2. The summed E-state index contributed by atoms with van der Waals surface area (Å²) >= 11 is 0. The SMILES string of the molecule is CCCn1nc(C)cc1NC(=O)c1cc(F)ccc1F. The van der Waals surface area contributed by atoms with E-state index in [2.05, 4.69) is 10.4 Å². The molecule has 0 atom stereocenters. The first-order valence-electron chi connectivity index (χ1n) is 6.32. The molecule has 1 aromatic heterocycles. The molecule has 1 amide bonds. The summed E-state index contributed by atoms with van der Waals surface area (Å²) < 4.78 is 28.2. The first-order chi connectivity index (χ1) is 9.51. The average Bonchev–Trinajstić information content (AvgIpc) is 2.73. The molecule has 6 heteroatoms. The van der Waals surface area contributed by atoms with Crippen LogP contribution in [-0.4, -0.2) is 15.7 Å². The number of carbonyl (C=O) groups excluding carboxylic acids is 1. The smallest absolute Gasteiger partial charge is 0.259 e. The number of hydrogen-bond acceptors (Lipinski definition) is 2. The van der Waals surface area contributed by atoms with Gasteiger partial charge < -0.3 is 5.32 Å². The first-order valence-corrected chi connectivity index (χ1v) is 6.32. The molecule has 0 radical (unpaired) electrons. The Balaban J connectivity index is 2.25. The molecule has 1 N–H and O–H groups in total. The van der Waals surface area contributed by atoms with Gasteiger partial charge in [0.1, 0.15) is 17.5 Å². The Hall–Kier alpha value is -2.24. The average molecular weight is 279 g/mol. The van der Waals surface area contributed by atoms with E-state index in [0.717, 1.165) is 30.3 Å². The van der Waals surface area contributed by atoms with Crippen molar-refractivity contribution in [3.8, 4) is 0 Å². The molecule has 4 nitrogen and oxygen atoms in total. The normalized spacial score (nSPS) is 10.6. The van der Waals surface area contributed by atoms with Crippen molar-refractivity contribution in [1.82, 2.24) is 9.78 Å². The minimum atomic E-state index is -0.762. The van der Waals surface area contributed by atoms with E-state index in [1.807, 2.05) is 6.92 Å². The van der Waals surface area contributed by atoms with Gasteiger partial charge in [-0.05, 0) is 31.5 Å². The number of anilines is 1. The van der Waals surface area contributed by atoms with Crippen LogP contribution in [0.2, 0.25) is 0 Å². The van der Waals surface area contributed by atoms with Crippen molar-refractivity contribution >= 4 is 11.7 Å². The lowest BCUT2D eigenvalue weighted by molar-refractivity contribution is 0.102. The van der Waals surface area contributed by atoms with Crippen molar-refractivity contribution in [1.29, 1.82) is 0 Å². The summed E-state index contributed by atoms with van der Waals surface area (Å²) in [5.74, 6) is -1.64. The van der Waals surface area contributed by atoms with Gasteiger partial charge in [-0.3, -0.25) is 4.79 Å². The Bertz CT molecular complexity index is 637. The Kier molecular flexibility index (Phi) is 4.12. The zero-order valence-electron chi connectivity index (χ0n) is 11.3. The highest BCUT2D eigenvalue weighted by atomic mass is 19.1. The van der Waals surface area contributed by atoms with Crippen LogP contribution in [0.3, 0.4) is 0 Å². The number of aromatic nitrogens is 2. The second kappa shape index (κ2) is 5.81. The topological polar surface area (TPSA) is 46.9 Å². The minimum Gasteiger partial charge on any atom is -0.307 e. The third-order valence-electron chi connectivity index (χ3n) is 2.75. The highest BCUT2D eigenvalue weighted by molar-refractivity contribution is 6.04. The Morgan fingerprint density at radius 3 is 2.80 bits per heavy atom. The van der Waals surface area contributed by atoms with Crippen LogP contribution in [0.15, 0.2) is 24.3 Å². The molecule has 0 fully saturated rings. The summed E-state index contributed by atoms with van der Waals surface area (Å²) in [6, 6.07) is 4.46. The second-order valence-electron chi connectivity index (χ2n) is 4.47. The Morgan fingerprint density at radius 2 is 2.10 bits per heavy atom. The van der Waals surface area contributed by atoms with Crippen LogP contribution in [0.4, 0.5) is 14.6 Å². The van der Waals surface area contributed by atoms with Crippen LogP contribution in [0, 0.1) is 18.6 Å². The lowest BCUT2D eigenvalue weighted by Gasteiger charge is -2.08. The fourth-order valence-electron chi connectivity index (χ4n) is 1.88. The monoisotopic (exact) mass is 279 g/mol. The summed E-state index contributed by atoms with van der Waals surface area (Å²) in [4.78, 5) is 12.0. The molecule has 0 saturated carbocycles. The van der Waals surface area contributed by atoms with Gasteiger partial charge in [0, 0.05) is 12.6 Å². The molecule has 0 spiro atoms. The van der Waals surface area contributed by atoms with Crippen LogP contribution in [0.5, 0.6) is 0 Å².